The Bertz CT molecular complexity index is 523. The number of thioether (sulfide) groups is 1. The lowest BCUT2D eigenvalue weighted by Crippen LogP contribution is -2.35. The molecule has 0 saturated carbocycles. The Labute approximate surface area is 123 Å². The number of carbonyl (C=O) groups is 2. The van der Waals surface area contributed by atoms with E-state index in [1.54, 1.807) is 16.7 Å². The van der Waals surface area contributed by atoms with Crippen molar-refractivity contribution in [2.24, 2.45) is 5.92 Å². The molecule has 2 saturated heterocycles. The minimum Gasteiger partial charge on any atom is -0.332 e. The van der Waals surface area contributed by atoms with Crippen LogP contribution in [0.5, 0.6) is 0 Å². The van der Waals surface area contributed by atoms with Gasteiger partial charge in [0.2, 0.25) is 11.8 Å². The predicted octanol–water partition coefficient (Wildman–Crippen LogP) is 1.88. The van der Waals surface area contributed by atoms with E-state index in [1.165, 1.54) is 5.56 Å². The molecule has 2 fully saturated rings. The fourth-order valence-electron chi connectivity index (χ4n) is 2.69. The van der Waals surface area contributed by atoms with E-state index in [9.17, 15) is 9.59 Å². The third-order valence-electron chi connectivity index (χ3n) is 3.88. The highest BCUT2D eigenvalue weighted by atomic mass is 32.2. The third-order valence-corrected chi connectivity index (χ3v) is 4.85. The first kappa shape index (κ1) is 13.5. The summed E-state index contributed by atoms with van der Waals surface area (Å²) < 4.78 is 0. The van der Waals surface area contributed by atoms with Gasteiger partial charge in [-0.2, -0.15) is 0 Å². The summed E-state index contributed by atoms with van der Waals surface area (Å²) in [4.78, 5) is 28.1. The number of anilines is 1. The largest absolute Gasteiger partial charge is 0.332 e. The van der Waals surface area contributed by atoms with Crippen molar-refractivity contribution in [3.05, 3.63) is 29.8 Å². The third kappa shape index (κ3) is 2.54. The first-order chi connectivity index (χ1) is 9.65. The number of nitrogens with zero attached hydrogens (tertiary/aromatic N) is 2. The van der Waals surface area contributed by atoms with Crippen molar-refractivity contribution in [1.29, 1.82) is 0 Å². The normalized spacial score (nSPS) is 22.6. The van der Waals surface area contributed by atoms with Gasteiger partial charge in [-0.3, -0.25) is 9.59 Å². The van der Waals surface area contributed by atoms with Gasteiger partial charge in [0.1, 0.15) is 0 Å². The molecule has 0 aliphatic carbocycles. The zero-order valence-electron chi connectivity index (χ0n) is 11.5. The Kier molecular flexibility index (Phi) is 3.70. The van der Waals surface area contributed by atoms with Crippen molar-refractivity contribution in [3.8, 4) is 0 Å². The second-order valence-corrected chi connectivity index (χ2v) is 6.45. The van der Waals surface area contributed by atoms with E-state index >= 15 is 0 Å². The molecule has 106 valence electrons. The van der Waals surface area contributed by atoms with E-state index in [1.807, 2.05) is 36.1 Å². The van der Waals surface area contributed by atoms with Crippen LogP contribution < -0.4 is 4.90 Å². The van der Waals surface area contributed by atoms with Crippen LogP contribution in [-0.4, -0.2) is 41.4 Å². The molecule has 1 aromatic carbocycles. The molecule has 2 aliphatic heterocycles. The van der Waals surface area contributed by atoms with E-state index < -0.39 is 0 Å². The Balaban J connectivity index is 1.71. The number of benzene rings is 1. The van der Waals surface area contributed by atoms with Crippen LogP contribution in [0, 0.1) is 12.8 Å². The Morgan fingerprint density at radius 2 is 2.05 bits per heavy atom. The van der Waals surface area contributed by atoms with Crippen molar-refractivity contribution in [2.45, 2.75) is 13.3 Å². The number of carbonyl (C=O) groups excluding carboxylic acids is 2. The number of amides is 2. The maximum absolute atomic E-state index is 12.4. The maximum atomic E-state index is 12.4. The van der Waals surface area contributed by atoms with Gasteiger partial charge in [0.05, 0.1) is 11.8 Å². The fourth-order valence-corrected chi connectivity index (χ4v) is 3.65. The zero-order valence-corrected chi connectivity index (χ0v) is 12.4. The summed E-state index contributed by atoms with van der Waals surface area (Å²) in [5.74, 6) is 1.79. The van der Waals surface area contributed by atoms with Crippen LogP contribution in [0.1, 0.15) is 12.0 Å². The summed E-state index contributed by atoms with van der Waals surface area (Å²) in [5.41, 5.74) is 2.06. The van der Waals surface area contributed by atoms with Gasteiger partial charge in [-0.25, -0.2) is 0 Å². The molecular formula is C15H18N2O2S. The number of hydrogen-bond acceptors (Lipinski definition) is 3. The van der Waals surface area contributed by atoms with Crippen molar-refractivity contribution in [1.82, 2.24) is 4.90 Å². The molecule has 20 heavy (non-hydrogen) atoms. The van der Waals surface area contributed by atoms with Crippen LogP contribution >= 0.6 is 11.8 Å². The molecule has 1 atom stereocenters. The maximum Gasteiger partial charge on any atom is 0.228 e. The highest BCUT2D eigenvalue weighted by Crippen LogP contribution is 2.28. The van der Waals surface area contributed by atoms with Gasteiger partial charge in [-0.05, 0) is 19.1 Å². The summed E-state index contributed by atoms with van der Waals surface area (Å²) >= 11 is 1.78. The second-order valence-electron chi connectivity index (χ2n) is 5.38. The average Bonchev–Trinajstić information content (AvgIpc) is 3.08. The number of hydrogen-bond donors (Lipinski definition) is 0. The summed E-state index contributed by atoms with van der Waals surface area (Å²) in [6.07, 6.45) is 0.341. The molecule has 3 rings (SSSR count). The highest BCUT2D eigenvalue weighted by Gasteiger charge is 2.37. The van der Waals surface area contributed by atoms with E-state index in [0.717, 1.165) is 23.9 Å². The van der Waals surface area contributed by atoms with Crippen LogP contribution in [0.2, 0.25) is 0 Å². The van der Waals surface area contributed by atoms with Gasteiger partial charge in [-0.1, -0.05) is 17.7 Å². The van der Waals surface area contributed by atoms with Crippen LogP contribution in [0.15, 0.2) is 24.3 Å². The van der Waals surface area contributed by atoms with Gasteiger partial charge in [0, 0.05) is 31.0 Å². The lowest BCUT2D eigenvalue weighted by molar-refractivity contribution is -0.134. The zero-order chi connectivity index (χ0) is 14.1. The van der Waals surface area contributed by atoms with Crippen molar-refractivity contribution >= 4 is 29.3 Å². The molecule has 2 heterocycles. The summed E-state index contributed by atoms with van der Waals surface area (Å²) in [6, 6.07) is 7.89. The Morgan fingerprint density at radius 3 is 2.70 bits per heavy atom. The molecule has 0 spiro atoms. The topological polar surface area (TPSA) is 40.6 Å². The van der Waals surface area contributed by atoms with Gasteiger partial charge in [0.15, 0.2) is 0 Å². The van der Waals surface area contributed by atoms with Gasteiger partial charge < -0.3 is 9.80 Å². The van der Waals surface area contributed by atoms with E-state index in [0.29, 0.717) is 13.0 Å². The molecule has 0 aromatic heterocycles. The molecule has 0 bridgehead atoms. The summed E-state index contributed by atoms with van der Waals surface area (Å²) in [5, 5.41) is 0. The lowest BCUT2D eigenvalue weighted by Gasteiger charge is -2.20. The summed E-state index contributed by atoms with van der Waals surface area (Å²) in [7, 11) is 0. The van der Waals surface area contributed by atoms with Crippen LogP contribution in [0.3, 0.4) is 0 Å². The SMILES string of the molecule is Cc1ccc(N2CC(C(=O)N3CCSC3)CC2=O)cc1. The number of rotatable bonds is 2. The minimum absolute atomic E-state index is 0.0547. The molecule has 1 unspecified atom stereocenters. The molecule has 5 heteroatoms. The molecule has 2 amide bonds. The van der Waals surface area contributed by atoms with Gasteiger partial charge in [-0.15, -0.1) is 11.8 Å². The molecule has 1 aromatic rings. The Morgan fingerprint density at radius 1 is 1.30 bits per heavy atom. The van der Waals surface area contributed by atoms with Crippen LogP contribution in [0.25, 0.3) is 0 Å². The molecule has 0 radical (unpaired) electrons. The van der Waals surface area contributed by atoms with Gasteiger partial charge >= 0.3 is 0 Å². The van der Waals surface area contributed by atoms with Crippen molar-refractivity contribution in [2.75, 3.05) is 29.6 Å². The minimum atomic E-state index is -0.178. The molecule has 0 N–H and O–H groups in total. The van der Waals surface area contributed by atoms with E-state index in [4.69, 9.17) is 0 Å². The monoisotopic (exact) mass is 290 g/mol. The van der Waals surface area contributed by atoms with Crippen LogP contribution in [-0.2, 0) is 9.59 Å². The average molecular weight is 290 g/mol. The molecule has 4 nitrogen and oxygen atoms in total. The first-order valence-electron chi connectivity index (χ1n) is 6.89. The van der Waals surface area contributed by atoms with Crippen LogP contribution in [0.4, 0.5) is 5.69 Å². The second kappa shape index (κ2) is 5.48. The van der Waals surface area contributed by atoms with E-state index in [-0.39, 0.29) is 17.7 Å². The molecule has 2 aliphatic rings. The van der Waals surface area contributed by atoms with Gasteiger partial charge in [0.25, 0.3) is 0 Å². The first-order valence-corrected chi connectivity index (χ1v) is 8.04. The predicted molar refractivity (Wildman–Crippen MR) is 80.7 cm³/mol. The fraction of sp³-hybridized carbons (Fsp3) is 0.467. The van der Waals surface area contributed by atoms with E-state index in [2.05, 4.69) is 0 Å². The smallest absolute Gasteiger partial charge is 0.228 e. The van der Waals surface area contributed by atoms with Crippen molar-refractivity contribution in [3.63, 3.8) is 0 Å². The van der Waals surface area contributed by atoms with Crippen molar-refractivity contribution < 1.29 is 9.59 Å². The summed E-state index contributed by atoms with van der Waals surface area (Å²) in [6.45, 7) is 3.35. The number of aryl methyl sites for hydroxylation is 1. The quantitative estimate of drug-likeness (QED) is 0.835. The standard InChI is InChI=1S/C15H18N2O2S/c1-11-2-4-13(5-3-11)17-9-12(8-14(17)18)15(19)16-6-7-20-10-16/h2-5,12H,6-10H2,1H3. The molecular weight excluding hydrogens is 272 g/mol. The highest BCUT2D eigenvalue weighted by molar-refractivity contribution is 7.99. The Hall–Kier alpha value is -1.49. The lowest BCUT2D eigenvalue weighted by atomic mass is 10.1.